The third-order valence-electron chi connectivity index (χ3n) is 4.20. The molecule has 1 aliphatic carbocycles. The summed E-state index contributed by atoms with van der Waals surface area (Å²) in [4.78, 5) is 2.39. The summed E-state index contributed by atoms with van der Waals surface area (Å²) in [5.74, 6) is 0.722. The van der Waals surface area contributed by atoms with Crippen LogP contribution in [0, 0.1) is 0 Å². The summed E-state index contributed by atoms with van der Waals surface area (Å²) >= 11 is 0. The van der Waals surface area contributed by atoms with Gasteiger partial charge in [0.25, 0.3) is 0 Å². The Morgan fingerprint density at radius 1 is 1.24 bits per heavy atom. The van der Waals surface area contributed by atoms with Crippen LogP contribution in [0.2, 0.25) is 0 Å². The molecular formula is C12H24N2O2S. The van der Waals surface area contributed by atoms with E-state index in [0.29, 0.717) is 23.6 Å². The fourth-order valence-corrected chi connectivity index (χ4v) is 5.10. The molecule has 0 aromatic carbocycles. The number of hydrogen-bond donors (Lipinski definition) is 1. The molecule has 1 heterocycles. The first-order valence-electron chi connectivity index (χ1n) is 6.73. The highest BCUT2D eigenvalue weighted by molar-refractivity contribution is 7.91. The first kappa shape index (κ1) is 13.3. The average molecular weight is 260 g/mol. The second-order valence-corrected chi connectivity index (χ2v) is 7.70. The van der Waals surface area contributed by atoms with Gasteiger partial charge in [-0.05, 0) is 32.2 Å². The van der Waals surface area contributed by atoms with Crippen LogP contribution in [0.4, 0.5) is 0 Å². The molecule has 0 aromatic heterocycles. The lowest BCUT2D eigenvalue weighted by Crippen LogP contribution is -2.48. The minimum atomic E-state index is -2.78. The van der Waals surface area contributed by atoms with Crippen molar-refractivity contribution in [1.82, 2.24) is 4.90 Å². The SMILES string of the molecule is CCN(C1CCCC(N)C1)C1CCS(=O)(=O)C1. The molecule has 0 radical (unpaired) electrons. The monoisotopic (exact) mass is 260 g/mol. The summed E-state index contributed by atoms with van der Waals surface area (Å²) in [5.41, 5.74) is 6.02. The minimum absolute atomic E-state index is 0.236. The number of rotatable bonds is 3. The third kappa shape index (κ3) is 3.20. The van der Waals surface area contributed by atoms with Crippen molar-refractivity contribution in [2.24, 2.45) is 5.73 Å². The van der Waals surface area contributed by atoms with Crippen LogP contribution in [-0.4, -0.2) is 49.5 Å². The van der Waals surface area contributed by atoms with Crippen molar-refractivity contribution in [2.45, 2.75) is 57.2 Å². The van der Waals surface area contributed by atoms with E-state index in [1.54, 1.807) is 0 Å². The van der Waals surface area contributed by atoms with Crippen LogP contribution in [0.1, 0.15) is 39.0 Å². The van der Waals surface area contributed by atoms with Gasteiger partial charge in [0, 0.05) is 18.1 Å². The predicted octanol–water partition coefficient (Wildman–Crippen LogP) is 0.765. The molecule has 2 aliphatic rings. The summed E-state index contributed by atoms with van der Waals surface area (Å²) in [6.07, 6.45) is 5.32. The first-order valence-corrected chi connectivity index (χ1v) is 8.55. The number of nitrogens with zero attached hydrogens (tertiary/aromatic N) is 1. The van der Waals surface area contributed by atoms with Crippen LogP contribution in [0.15, 0.2) is 0 Å². The van der Waals surface area contributed by atoms with Crippen LogP contribution in [-0.2, 0) is 9.84 Å². The average Bonchev–Trinajstić information content (AvgIpc) is 2.60. The molecule has 0 amide bonds. The van der Waals surface area contributed by atoms with Crippen molar-refractivity contribution >= 4 is 9.84 Å². The minimum Gasteiger partial charge on any atom is -0.328 e. The van der Waals surface area contributed by atoms with Gasteiger partial charge in [0.15, 0.2) is 9.84 Å². The Bertz CT molecular complexity index is 356. The Hall–Kier alpha value is -0.130. The van der Waals surface area contributed by atoms with Gasteiger partial charge >= 0.3 is 0 Å². The predicted molar refractivity (Wildman–Crippen MR) is 69.7 cm³/mol. The summed E-state index contributed by atoms with van der Waals surface area (Å²) < 4.78 is 23.1. The molecule has 0 spiro atoms. The molecule has 0 aromatic rings. The van der Waals surface area contributed by atoms with Crippen molar-refractivity contribution in [1.29, 1.82) is 0 Å². The Labute approximate surface area is 104 Å². The van der Waals surface area contributed by atoms with Crippen LogP contribution >= 0.6 is 0 Å². The fraction of sp³-hybridized carbons (Fsp3) is 1.00. The second-order valence-electron chi connectivity index (χ2n) is 5.47. The standard InChI is InChI=1S/C12H24N2O2S/c1-2-14(11-5-3-4-10(13)8-11)12-6-7-17(15,16)9-12/h10-12H,2-9,13H2,1H3. The summed E-state index contributed by atoms with van der Waals surface area (Å²) in [7, 11) is -2.78. The van der Waals surface area contributed by atoms with Gasteiger partial charge in [0.2, 0.25) is 0 Å². The van der Waals surface area contributed by atoms with E-state index in [-0.39, 0.29) is 6.04 Å². The van der Waals surface area contributed by atoms with Gasteiger partial charge in [-0.1, -0.05) is 13.3 Å². The van der Waals surface area contributed by atoms with E-state index in [0.717, 1.165) is 25.8 Å². The van der Waals surface area contributed by atoms with Gasteiger partial charge in [-0.2, -0.15) is 0 Å². The van der Waals surface area contributed by atoms with Gasteiger partial charge in [0.05, 0.1) is 11.5 Å². The van der Waals surface area contributed by atoms with Crippen molar-refractivity contribution < 1.29 is 8.42 Å². The normalized spacial score (nSPS) is 37.5. The van der Waals surface area contributed by atoms with Gasteiger partial charge in [-0.15, -0.1) is 0 Å². The topological polar surface area (TPSA) is 63.4 Å². The number of nitrogens with two attached hydrogens (primary N) is 1. The van der Waals surface area contributed by atoms with E-state index in [1.807, 2.05) is 0 Å². The molecule has 0 bridgehead atoms. The van der Waals surface area contributed by atoms with Gasteiger partial charge in [0.1, 0.15) is 0 Å². The maximum Gasteiger partial charge on any atom is 0.151 e. The summed E-state index contributed by atoms with van der Waals surface area (Å²) in [6, 6.07) is 1.04. The molecule has 2 rings (SSSR count). The highest BCUT2D eigenvalue weighted by Gasteiger charge is 2.35. The van der Waals surface area contributed by atoms with Crippen molar-refractivity contribution in [3.63, 3.8) is 0 Å². The van der Waals surface area contributed by atoms with E-state index in [4.69, 9.17) is 5.73 Å². The van der Waals surface area contributed by atoms with E-state index < -0.39 is 9.84 Å². The van der Waals surface area contributed by atoms with Gasteiger partial charge in [-0.25, -0.2) is 8.42 Å². The lowest BCUT2D eigenvalue weighted by Gasteiger charge is -2.39. The van der Waals surface area contributed by atoms with Crippen LogP contribution < -0.4 is 5.73 Å². The van der Waals surface area contributed by atoms with Crippen molar-refractivity contribution in [3.05, 3.63) is 0 Å². The van der Waals surface area contributed by atoms with Crippen LogP contribution in [0.3, 0.4) is 0 Å². The molecule has 17 heavy (non-hydrogen) atoms. The second kappa shape index (κ2) is 5.24. The smallest absolute Gasteiger partial charge is 0.151 e. The lowest BCUT2D eigenvalue weighted by atomic mass is 9.89. The van der Waals surface area contributed by atoms with E-state index in [2.05, 4.69) is 11.8 Å². The Balaban J connectivity index is 2.01. The van der Waals surface area contributed by atoms with Crippen LogP contribution in [0.5, 0.6) is 0 Å². The number of sulfone groups is 1. The first-order chi connectivity index (χ1) is 8.02. The summed E-state index contributed by atoms with van der Waals surface area (Å²) in [5, 5.41) is 0. The highest BCUT2D eigenvalue weighted by Crippen LogP contribution is 2.27. The van der Waals surface area contributed by atoms with Crippen molar-refractivity contribution in [2.75, 3.05) is 18.1 Å². The molecule has 3 atom stereocenters. The van der Waals surface area contributed by atoms with Gasteiger partial charge < -0.3 is 5.73 Å². The molecule has 3 unspecified atom stereocenters. The zero-order valence-electron chi connectivity index (χ0n) is 10.6. The Morgan fingerprint density at radius 2 is 2.00 bits per heavy atom. The quantitative estimate of drug-likeness (QED) is 0.814. The van der Waals surface area contributed by atoms with E-state index in [9.17, 15) is 8.42 Å². The van der Waals surface area contributed by atoms with Gasteiger partial charge in [-0.3, -0.25) is 4.90 Å². The highest BCUT2D eigenvalue weighted by atomic mass is 32.2. The van der Waals surface area contributed by atoms with E-state index in [1.165, 1.54) is 12.8 Å². The molecule has 100 valence electrons. The third-order valence-corrected chi connectivity index (χ3v) is 5.95. The van der Waals surface area contributed by atoms with E-state index >= 15 is 0 Å². The Kier molecular flexibility index (Phi) is 4.10. The zero-order chi connectivity index (χ0) is 12.5. The maximum atomic E-state index is 11.6. The number of hydrogen-bond acceptors (Lipinski definition) is 4. The largest absolute Gasteiger partial charge is 0.328 e. The molecule has 4 nitrogen and oxygen atoms in total. The van der Waals surface area contributed by atoms with Crippen molar-refractivity contribution in [3.8, 4) is 0 Å². The molecule has 2 N–H and O–H groups in total. The fourth-order valence-electron chi connectivity index (χ4n) is 3.35. The lowest BCUT2D eigenvalue weighted by molar-refractivity contribution is 0.115. The Morgan fingerprint density at radius 3 is 2.53 bits per heavy atom. The molecule has 1 saturated carbocycles. The molecule has 2 fully saturated rings. The maximum absolute atomic E-state index is 11.6. The molecule has 1 aliphatic heterocycles. The molecule has 1 saturated heterocycles. The molecule has 5 heteroatoms. The summed E-state index contributed by atoms with van der Waals surface area (Å²) in [6.45, 7) is 3.07. The zero-order valence-corrected chi connectivity index (χ0v) is 11.5. The molecular weight excluding hydrogens is 236 g/mol. The van der Waals surface area contributed by atoms with Crippen LogP contribution in [0.25, 0.3) is 0 Å².